The van der Waals surface area contributed by atoms with Gasteiger partial charge in [-0.25, -0.2) is 4.79 Å². The summed E-state index contributed by atoms with van der Waals surface area (Å²) in [6.07, 6.45) is 7.15. The Morgan fingerprint density at radius 2 is 2.10 bits per heavy atom. The van der Waals surface area contributed by atoms with E-state index >= 15 is 0 Å². The van der Waals surface area contributed by atoms with Crippen molar-refractivity contribution in [3.8, 4) is 0 Å². The molecule has 116 valence electrons. The monoisotopic (exact) mass is 325 g/mol. The largest absolute Gasteiger partial charge is 0.478 e. The number of hydrogen-bond acceptors (Lipinski definition) is 4. The molecule has 1 aliphatic carbocycles. The highest BCUT2D eigenvalue weighted by Crippen LogP contribution is 2.40. The molecule has 0 amide bonds. The number of anilines is 1. The van der Waals surface area contributed by atoms with Gasteiger partial charge < -0.3 is 10.4 Å². The summed E-state index contributed by atoms with van der Waals surface area (Å²) in [4.78, 5) is 12.5. The van der Waals surface area contributed by atoms with Crippen LogP contribution < -0.4 is 5.32 Å². The molecule has 0 atom stereocenters. The van der Waals surface area contributed by atoms with Gasteiger partial charge in [0.2, 0.25) is 0 Å². The lowest BCUT2D eigenvalue weighted by atomic mass is 10.1. The molecule has 0 bridgehead atoms. The zero-order valence-electron chi connectivity index (χ0n) is 12.6. The van der Waals surface area contributed by atoms with Gasteiger partial charge in [-0.2, -0.15) is 11.8 Å². The van der Waals surface area contributed by atoms with E-state index in [4.69, 9.17) is 0 Å². The summed E-state index contributed by atoms with van der Waals surface area (Å²) in [5.41, 5.74) is 1.17. The van der Waals surface area contributed by atoms with Gasteiger partial charge in [-0.3, -0.25) is 0 Å². The van der Waals surface area contributed by atoms with Gasteiger partial charge in [0, 0.05) is 21.9 Å². The van der Waals surface area contributed by atoms with Crippen LogP contribution in [0.4, 0.5) is 5.69 Å². The van der Waals surface area contributed by atoms with E-state index in [-0.39, 0.29) is 4.75 Å². The van der Waals surface area contributed by atoms with Crippen molar-refractivity contribution in [2.45, 2.75) is 42.2 Å². The molecule has 5 heteroatoms. The molecular weight excluding hydrogens is 302 g/mol. The van der Waals surface area contributed by atoms with Crippen LogP contribution in [0.3, 0.4) is 0 Å². The van der Waals surface area contributed by atoms with E-state index in [1.807, 2.05) is 36.9 Å². The normalized spacial score (nSPS) is 16.9. The summed E-state index contributed by atoms with van der Waals surface area (Å²) < 4.78 is 0.268. The molecule has 2 N–H and O–H groups in total. The molecule has 0 heterocycles. The molecule has 1 saturated carbocycles. The first-order valence-corrected chi connectivity index (χ1v) is 9.61. The van der Waals surface area contributed by atoms with E-state index in [1.165, 1.54) is 25.7 Å². The van der Waals surface area contributed by atoms with Gasteiger partial charge >= 0.3 is 5.97 Å². The highest BCUT2D eigenvalue weighted by Gasteiger charge is 2.33. The highest BCUT2D eigenvalue weighted by molar-refractivity contribution is 8.00. The molecule has 0 spiro atoms. The fourth-order valence-corrected chi connectivity index (χ4v) is 4.64. The molecule has 1 fully saturated rings. The summed E-state index contributed by atoms with van der Waals surface area (Å²) in [5, 5.41) is 12.9. The topological polar surface area (TPSA) is 49.3 Å². The van der Waals surface area contributed by atoms with Gasteiger partial charge in [-0.15, -0.1) is 11.8 Å². The van der Waals surface area contributed by atoms with Crippen LogP contribution in [0.25, 0.3) is 0 Å². The number of rotatable bonds is 7. The maximum Gasteiger partial charge on any atom is 0.338 e. The smallest absolute Gasteiger partial charge is 0.338 e. The van der Waals surface area contributed by atoms with E-state index in [0.29, 0.717) is 5.56 Å². The number of thioether (sulfide) groups is 2. The molecule has 0 radical (unpaired) electrons. The van der Waals surface area contributed by atoms with Crippen LogP contribution in [-0.2, 0) is 0 Å². The lowest BCUT2D eigenvalue weighted by molar-refractivity contribution is 0.0694. The minimum atomic E-state index is -0.848. The number of nitrogens with one attached hydrogen (secondary N) is 1. The van der Waals surface area contributed by atoms with Crippen LogP contribution in [0.5, 0.6) is 0 Å². The summed E-state index contributed by atoms with van der Waals surface area (Å²) in [7, 11) is 0. The van der Waals surface area contributed by atoms with Crippen LogP contribution in [0.1, 0.15) is 43.0 Å². The zero-order chi connectivity index (χ0) is 15.3. The lowest BCUT2D eigenvalue weighted by Gasteiger charge is -2.28. The first-order chi connectivity index (χ1) is 10.1. The Balaban J connectivity index is 2.19. The van der Waals surface area contributed by atoms with Crippen molar-refractivity contribution in [3.63, 3.8) is 0 Å². The average molecular weight is 325 g/mol. The van der Waals surface area contributed by atoms with Crippen molar-refractivity contribution < 1.29 is 9.90 Å². The number of hydrogen-bond donors (Lipinski definition) is 2. The molecule has 21 heavy (non-hydrogen) atoms. The third-order valence-electron chi connectivity index (χ3n) is 4.09. The first kappa shape index (κ1) is 16.6. The zero-order valence-corrected chi connectivity index (χ0v) is 14.3. The van der Waals surface area contributed by atoms with Crippen LogP contribution in [-0.4, -0.2) is 34.4 Å². The number of aromatic carboxylic acids is 1. The van der Waals surface area contributed by atoms with Crippen molar-refractivity contribution in [1.29, 1.82) is 0 Å². The first-order valence-electron chi connectivity index (χ1n) is 7.40. The molecule has 1 aromatic rings. The van der Waals surface area contributed by atoms with Gasteiger partial charge in [-0.05, 0) is 37.0 Å². The highest BCUT2D eigenvalue weighted by atomic mass is 32.2. The minimum absolute atomic E-state index is 0.268. The van der Waals surface area contributed by atoms with Crippen molar-refractivity contribution in [3.05, 3.63) is 23.8 Å². The van der Waals surface area contributed by atoms with E-state index in [1.54, 1.807) is 11.8 Å². The number of carboxylic acids is 1. The van der Waals surface area contributed by atoms with E-state index < -0.39 is 5.97 Å². The second-order valence-corrected chi connectivity index (χ2v) is 7.94. The Morgan fingerprint density at radius 3 is 2.67 bits per heavy atom. The van der Waals surface area contributed by atoms with Crippen molar-refractivity contribution >= 4 is 35.2 Å². The fraction of sp³-hybridized carbons (Fsp3) is 0.562. The Labute approximate surface area is 135 Å². The Bertz CT molecular complexity index is 499. The Hall–Kier alpha value is -0.810. The van der Waals surface area contributed by atoms with Crippen molar-refractivity contribution in [1.82, 2.24) is 0 Å². The van der Waals surface area contributed by atoms with Crippen LogP contribution in [0.2, 0.25) is 0 Å². The molecule has 2 rings (SSSR count). The standard InChI is InChI=1S/C16H23NO2S2/c1-3-21-13-8-6-7-12(14(13)15(18)19)17-11-16(20-2)9-4-5-10-16/h6-8,17H,3-5,9-11H2,1-2H3,(H,18,19). The SMILES string of the molecule is CCSc1cccc(NCC2(SC)CCCC2)c1C(=O)O. The van der Waals surface area contributed by atoms with Gasteiger partial charge in [0.25, 0.3) is 0 Å². The third-order valence-corrected chi connectivity index (χ3v) is 6.45. The maximum atomic E-state index is 11.6. The summed E-state index contributed by atoms with van der Waals surface area (Å²) >= 11 is 3.49. The summed E-state index contributed by atoms with van der Waals surface area (Å²) in [5.74, 6) is 0.0250. The van der Waals surface area contributed by atoms with Crippen LogP contribution in [0, 0.1) is 0 Å². The van der Waals surface area contributed by atoms with E-state index in [2.05, 4.69) is 11.6 Å². The predicted molar refractivity (Wildman–Crippen MR) is 93.0 cm³/mol. The number of carboxylic acid groups (broad SMARTS) is 1. The molecule has 1 aliphatic rings. The fourth-order valence-electron chi connectivity index (χ4n) is 2.90. The van der Waals surface area contributed by atoms with Gasteiger partial charge in [0.15, 0.2) is 0 Å². The summed E-state index contributed by atoms with van der Waals surface area (Å²) in [6.45, 7) is 2.88. The number of benzene rings is 1. The molecule has 0 aromatic heterocycles. The van der Waals surface area contributed by atoms with E-state index in [9.17, 15) is 9.90 Å². The molecule has 0 unspecified atom stereocenters. The molecule has 0 saturated heterocycles. The molecule has 3 nitrogen and oxygen atoms in total. The lowest BCUT2D eigenvalue weighted by Crippen LogP contribution is -2.30. The second-order valence-electron chi connectivity index (χ2n) is 5.36. The minimum Gasteiger partial charge on any atom is -0.478 e. The van der Waals surface area contributed by atoms with E-state index in [0.717, 1.165) is 22.9 Å². The van der Waals surface area contributed by atoms with Gasteiger partial charge in [-0.1, -0.05) is 25.8 Å². The molecule has 0 aliphatic heterocycles. The van der Waals surface area contributed by atoms with Crippen molar-refractivity contribution in [2.24, 2.45) is 0 Å². The predicted octanol–water partition coefficient (Wildman–Crippen LogP) is 4.58. The third kappa shape index (κ3) is 3.89. The Morgan fingerprint density at radius 1 is 1.38 bits per heavy atom. The van der Waals surface area contributed by atoms with Crippen LogP contribution >= 0.6 is 23.5 Å². The number of carbonyl (C=O) groups is 1. The second kappa shape index (κ2) is 7.45. The maximum absolute atomic E-state index is 11.6. The van der Waals surface area contributed by atoms with Crippen LogP contribution in [0.15, 0.2) is 23.1 Å². The average Bonchev–Trinajstić information content (AvgIpc) is 2.95. The Kier molecular flexibility index (Phi) is 5.88. The van der Waals surface area contributed by atoms with Gasteiger partial charge in [0.05, 0.1) is 5.56 Å². The quantitative estimate of drug-likeness (QED) is 0.718. The molecule has 1 aromatic carbocycles. The molecular formula is C16H23NO2S2. The van der Waals surface area contributed by atoms with Crippen molar-refractivity contribution in [2.75, 3.05) is 23.9 Å². The summed E-state index contributed by atoms with van der Waals surface area (Å²) in [6, 6.07) is 5.71. The van der Waals surface area contributed by atoms with Gasteiger partial charge in [0.1, 0.15) is 0 Å².